The highest BCUT2D eigenvalue weighted by molar-refractivity contribution is 7.25. The zero-order valence-corrected chi connectivity index (χ0v) is 85.6. The van der Waals surface area contributed by atoms with Crippen LogP contribution in [0.1, 0.15) is 99.9 Å². The van der Waals surface area contributed by atoms with Crippen molar-refractivity contribution in [2.45, 2.75) is 77.0 Å². The van der Waals surface area contributed by atoms with Crippen LogP contribution in [0.25, 0.3) is 251 Å². The third-order valence-electron chi connectivity index (χ3n) is 33.8. The molecule has 0 fully saturated rings. The normalized spacial score (nSPS) is 13.7. The maximum atomic E-state index is 2.47. The second-order valence-corrected chi connectivity index (χ2v) is 44.5. The van der Waals surface area contributed by atoms with Crippen LogP contribution in [0.5, 0.6) is 0 Å². The first-order valence-corrected chi connectivity index (χ1v) is 53.4. The lowest BCUT2D eigenvalue weighted by atomic mass is 9.80. The predicted molar refractivity (Wildman–Crippen MR) is 639 cm³/mol. The summed E-state index contributed by atoms with van der Waals surface area (Å²) in [7, 11) is 0. The Kier molecular flexibility index (Phi) is 20.7. The number of hydrogen-bond acceptors (Lipinski definition) is 1. The highest BCUT2D eigenvalue weighted by atomic mass is 32.1. The van der Waals surface area contributed by atoms with Crippen LogP contribution in [0.2, 0.25) is 0 Å². The number of thiophene rings is 1. The van der Waals surface area contributed by atoms with Gasteiger partial charge in [0.2, 0.25) is 0 Å². The standard InChI is InChI=1S/C51H36.C50H38.C47H32S/c1-51(2)46-24-14-13-21-40(46)44-32-37(27-30-47(44)51)48-41-22-11-12-23-42(41)50(43-29-26-36(31-45(43)48)33-15-5-3-6-16-33)49-38-20-10-9-19-35(38)25-28-39(49)34-17-7-4-8-18-34;1-49(2)43-20-12-10-16-35(43)40-29-33(23-26-45(40)49)47-37-18-8-9-19-38(37)48(42-28-32(22-25-39(42)47)31-14-6-5-7-15-31)34-24-27-46-41(30-34)36-17-11-13-21-44(36)50(46,3)4;1-47(2)41-18-10-8-14-33(41)38-27-31(21-24-42(38)47)46-36-17-7-6-16-35(36)45(37-23-20-30(26-40(37)46)29-12-4-3-5-13-29)32-22-25-44-39(28-32)34-15-9-11-19-43(34)48-44/h3-32H,1-2H3;5-30H,1-4H3;3-28H,1-2H3. The molecule has 4 aliphatic rings. The molecule has 1 heteroatoms. The minimum Gasteiger partial charge on any atom is -0.135 e. The summed E-state index contributed by atoms with van der Waals surface area (Å²) in [6.45, 7) is 18.9. The highest BCUT2D eigenvalue weighted by Crippen LogP contribution is 2.60. The third kappa shape index (κ3) is 14.1. The molecule has 149 heavy (non-hydrogen) atoms. The van der Waals surface area contributed by atoms with Crippen molar-refractivity contribution in [2.24, 2.45) is 0 Å². The van der Waals surface area contributed by atoms with Crippen LogP contribution in [0.4, 0.5) is 0 Å². The lowest BCUT2D eigenvalue weighted by molar-refractivity contribution is 0.660. The quantitative estimate of drug-likeness (QED) is 0.120. The summed E-state index contributed by atoms with van der Waals surface area (Å²) in [4.78, 5) is 0. The van der Waals surface area contributed by atoms with Crippen LogP contribution in [-0.4, -0.2) is 0 Å². The van der Waals surface area contributed by atoms with Crippen molar-refractivity contribution in [1.29, 1.82) is 0 Å². The molecule has 0 aliphatic heterocycles. The van der Waals surface area contributed by atoms with Gasteiger partial charge in [-0.2, -0.15) is 0 Å². The molecular formula is C148H106S. The first-order valence-electron chi connectivity index (χ1n) is 52.6. The Morgan fingerprint density at radius 3 is 0.725 bits per heavy atom. The van der Waals surface area contributed by atoms with Gasteiger partial charge in [0.05, 0.1) is 0 Å². The summed E-state index contributed by atoms with van der Waals surface area (Å²) in [6.07, 6.45) is 0. The third-order valence-corrected chi connectivity index (χ3v) is 35.0. The van der Waals surface area contributed by atoms with E-state index >= 15 is 0 Å². The largest absolute Gasteiger partial charge is 0.135 e. The van der Waals surface area contributed by atoms with Crippen LogP contribution in [0, 0.1) is 0 Å². The monoisotopic (exact) mass is 1910 g/mol. The smallest absolute Gasteiger partial charge is 0.0355 e. The van der Waals surface area contributed by atoms with E-state index in [1.807, 2.05) is 11.3 Å². The van der Waals surface area contributed by atoms with E-state index in [0.717, 1.165) is 0 Å². The second-order valence-electron chi connectivity index (χ2n) is 43.4. The summed E-state index contributed by atoms with van der Waals surface area (Å²) < 4.78 is 2.67. The summed E-state index contributed by atoms with van der Waals surface area (Å²) in [6, 6.07) is 186. The molecule has 30 rings (SSSR count). The van der Waals surface area contributed by atoms with E-state index in [2.05, 4.69) is 553 Å². The molecule has 0 radical (unpaired) electrons. The summed E-state index contributed by atoms with van der Waals surface area (Å²) >= 11 is 1.88. The minimum absolute atomic E-state index is 0.0240. The Hall–Kier alpha value is -17.5. The molecule has 0 unspecified atom stereocenters. The fourth-order valence-electron chi connectivity index (χ4n) is 26.6. The fraction of sp³-hybridized carbons (Fsp3) is 0.0811. The Labute approximate surface area is 874 Å². The maximum Gasteiger partial charge on any atom is 0.0355 e. The molecule has 26 aromatic rings. The van der Waals surface area contributed by atoms with Gasteiger partial charge in [-0.05, 0) is 336 Å². The number of hydrogen-bond donors (Lipinski definition) is 0. The molecule has 704 valence electrons. The first-order chi connectivity index (χ1) is 73.0. The van der Waals surface area contributed by atoms with Gasteiger partial charge in [-0.3, -0.25) is 0 Å². The first kappa shape index (κ1) is 89.2. The van der Waals surface area contributed by atoms with Gasteiger partial charge in [-0.15, -0.1) is 11.3 Å². The summed E-state index contributed by atoms with van der Waals surface area (Å²) in [5, 5.41) is 20.5. The van der Waals surface area contributed by atoms with Crippen molar-refractivity contribution < 1.29 is 0 Å². The van der Waals surface area contributed by atoms with Crippen molar-refractivity contribution >= 4 is 107 Å². The maximum absolute atomic E-state index is 2.47. The van der Waals surface area contributed by atoms with E-state index in [-0.39, 0.29) is 21.7 Å². The van der Waals surface area contributed by atoms with Crippen LogP contribution in [0.15, 0.2) is 497 Å². The van der Waals surface area contributed by atoms with Gasteiger partial charge in [0.25, 0.3) is 0 Å². The molecule has 25 aromatic carbocycles. The predicted octanol–water partition coefficient (Wildman–Crippen LogP) is 41.4. The number of rotatable bonds is 10. The van der Waals surface area contributed by atoms with Crippen LogP contribution >= 0.6 is 11.3 Å². The molecule has 1 heterocycles. The van der Waals surface area contributed by atoms with Crippen LogP contribution in [0.3, 0.4) is 0 Å². The van der Waals surface area contributed by atoms with E-state index in [1.165, 1.54) is 296 Å². The van der Waals surface area contributed by atoms with Crippen molar-refractivity contribution in [1.82, 2.24) is 0 Å². The molecule has 0 spiro atoms. The molecular weight excluding hydrogens is 1810 g/mol. The van der Waals surface area contributed by atoms with Crippen molar-refractivity contribution in [3.05, 3.63) is 542 Å². The summed E-state index contributed by atoms with van der Waals surface area (Å²) in [5.41, 5.74) is 47.1. The van der Waals surface area contributed by atoms with Crippen LogP contribution in [-0.2, 0) is 21.7 Å². The Morgan fingerprint density at radius 1 is 0.121 bits per heavy atom. The topological polar surface area (TPSA) is 0 Å². The van der Waals surface area contributed by atoms with Gasteiger partial charge in [0.15, 0.2) is 0 Å². The molecule has 0 saturated carbocycles. The Bertz CT molecular complexity index is 10100. The minimum atomic E-state index is -0.0405. The molecule has 4 aliphatic carbocycles. The van der Waals surface area contributed by atoms with Gasteiger partial charge >= 0.3 is 0 Å². The molecule has 0 saturated heterocycles. The molecule has 1 aromatic heterocycles. The fourth-order valence-corrected chi connectivity index (χ4v) is 27.7. The van der Waals surface area contributed by atoms with E-state index in [1.54, 1.807) is 0 Å². The van der Waals surface area contributed by atoms with Gasteiger partial charge in [-0.25, -0.2) is 0 Å². The van der Waals surface area contributed by atoms with Crippen LogP contribution < -0.4 is 0 Å². The average molecular weight is 1920 g/mol. The summed E-state index contributed by atoms with van der Waals surface area (Å²) in [5.74, 6) is 0. The molecule has 0 N–H and O–H groups in total. The highest BCUT2D eigenvalue weighted by Gasteiger charge is 2.41. The number of fused-ring (bicyclic) bond motifs is 22. The SMILES string of the molecule is CC1(C)c2ccccc2-c2cc(-c3c4ccccc4c(-c4c(-c5ccccc5)ccc5ccccc45)c4ccc(-c5ccccc5)cc34)ccc21.CC1(C)c2ccccc2-c2cc(-c3c4ccccc4c(-c4ccc5c(c4)-c4ccccc4C5(C)C)c4cc(-c5ccccc5)ccc34)ccc21.CC1(C)c2ccccc2-c2cc(-c3c4ccccc4c(-c4ccc5sc6ccccc6c5c4)c4ccc(-c5ccccc5)cc34)ccc21. The zero-order valence-electron chi connectivity index (χ0n) is 84.8. The second kappa shape index (κ2) is 34.6. The lowest BCUT2D eigenvalue weighted by Gasteiger charge is -2.23. The Morgan fingerprint density at radius 2 is 0.362 bits per heavy atom. The van der Waals surface area contributed by atoms with E-state index in [4.69, 9.17) is 0 Å². The van der Waals surface area contributed by atoms with E-state index in [9.17, 15) is 0 Å². The van der Waals surface area contributed by atoms with E-state index in [0.29, 0.717) is 0 Å². The number of benzene rings is 25. The van der Waals surface area contributed by atoms with E-state index < -0.39 is 0 Å². The molecule has 0 bridgehead atoms. The van der Waals surface area contributed by atoms with Gasteiger partial charge in [0.1, 0.15) is 0 Å². The molecule has 0 nitrogen and oxygen atoms in total. The Balaban J connectivity index is 0.000000108. The van der Waals surface area contributed by atoms with Crippen molar-refractivity contribution in [2.75, 3.05) is 0 Å². The molecule has 0 amide bonds. The van der Waals surface area contributed by atoms with Crippen molar-refractivity contribution in [3.63, 3.8) is 0 Å². The van der Waals surface area contributed by atoms with Gasteiger partial charge < -0.3 is 0 Å². The van der Waals surface area contributed by atoms with Gasteiger partial charge in [-0.1, -0.05) is 492 Å². The molecule has 0 atom stereocenters. The van der Waals surface area contributed by atoms with Crippen molar-refractivity contribution in [3.8, 4) is 156 Å². The average Bonchev–Trinajstić information content (AvgIpc) is 1.54. The lowest BCUT2D eigenvalue weighted by Crippen LogP contribution is -2.14. The zero-order chi connectivity index (χ0) is 99.9. The van der Waals surface area contributed by atoms with Gasteiger partial charge in [0, 0.05) is 41.8 Å².